The topological polar surface area (TPSA) is 39.4 Å². The Morgan fingerprint density at radius 2 is 2.20 bits per heavy atom. The van der Waals surface area contributed by atoms with Crippen LogP contribution in [0.15, 0.2) is 28.7 Å². The van der Waals surface area contributed by atoms with E-state index in [1.165, 1.54) is 0 Å². The number of carbonyl (C=O) groups excluding carboxylic acids is 1. The molecule has 0 radical (unpaired) electrons. The third kappa shape index (κ3) is 1.86. The minimum absolute atomic E-state index is 0.365. The molecule has 3 heteroatoms. The number of hydrogen-bond donors (Lipinski definition) is 0. The van der Waals surface area contributed by atoms with Gasteiger partial charge >= 0.3 is 0 Å². The summed E-state index contributed by atoms with van der Waals surface area (Å²) in [6.07, 6.45) is 0.624. The molecule has 78 valence electrons. The van der Waals surface area contributed by atoms with Gasteiger partial charge in [-0.3, -0.25) is 4.79 Å². The van der Waals surface area contributed by atoms with Crippen LogP contribution in [-0.2, 0) is 16.0 Å². The molecule has 15 heavy (non-hydrogen) atoms. The lowest BCUT2D eigenvalue weighted by molar-refractivity contribution is -0.128. The van der Waals surface area contributed by atoms with Crippen LogP contribution in [-0.4, -0.2) is 13.1 Å². The third-order valence-corrected chi connectivity index (χ3v) is 2.46. The Morgan fingerprint density at radius 3 is 2.93 bits per heavy atom. The number of rotatable bonds is 4. The molecule has 0 atom stereocenters. The standard InChI is InChI=1S/C12H12O3/c1-9-10-4-2-3-5-12(10)15-11(9)6-7-14-8-13/h2-5,8H,6-7H2,1H3. The Kier molecular flexibility index (Phi) is 2.72. The first-order chi connectivity index (χ1) is 7.33. The van der Waals surface area contributed by atoms with E-state index in [0.29, 0.717) is 19.5 Å². The number of aryl methyl sites for hydroxylation is 1. The van der Waals surface area contributed by atoms with Crippen molar-refractivity contribution in [2.24, 2.45) is 0 Å². The second-order valence-electron chi connectivity index (χ2n) is 3.36. The van der Waals surface area contributed by atoms with Gasteiger partial charge in [0.1, 0.15) is 11.3 Å². The molecule has 1 aromatic heterocycles. The smallest absolute Gasteiger partial charge is 0.293 e. The van der Waals surface area contributed by atoms with Crippen LogP contribution in [0.2, 0.25) is 0 Å². The molecule has 0 aliphatic heterocycles. The number of fused-ring (bicyclic) bond motifs is 1. The van der Waals surface area contributed by atoms with Crippen molar-refractivity contribution in [1.29, 1.82) is 0 Å². The van der Waals surface area contributed by atoms with E-state index >= 15 is 0 Å². The zero-order chi connectivity index (χ0) is 10.7. The van der Waals surface area contributed by atoms with E-state index in [4.69, 9.17) is 4.42 Å². The lowest BCUT2D eigenvalue weighted by atomic mass is 10.1. The fraction of sp³-hybridized carbons (Fsp3) is 0.250. The van der Waals surface area contributed by atoms with Crippen molar-refractivity contribution in [1.82, 2.24) is 0 Å². The first-order valence-corrected chi connectivity index (χ1v) is 4.85. The first-order valence-electron chi connectivity index (χ1n) is 4.85. The van der Waals surface area contributed by atoms with Gasteiger partial charge in [0.05, 0.1) is 6.61 Å². The molecule has 0 N–H and O–H groups in total. The van der Waals surface area contributed by atoms with Gasteiger partial charge in [-0.05, 0) is 18.6 Å². The van der Waals surface area contributed by atoms with Gasteiger partial charge in [-0.15, -0.1) is 0 Å². The van der Waals surface area contributed by atoms with Crippen LogP contribution in [0.1, 0.15) is 11.3 Å². The second-order valence-corrected chi connectivity index (χ2v) is 3.36. The number of para-hydroxylation sites is 1. The van der Waals surface area contributed by atoms with Crippen molar-refractivity contribution in [3.63, 3.8) is 0 Å². The van der Waals surface area contributed by atoms with Crippen LogP contribution in [0, 0.1) is 6.92 Å². The average Bonchev–Trinajstić information content (AvgIpc) is 2.57. The Hall–Kier alpha value is -1.77. The minimum atomic E-state index is 0.365. The zero-order valence-corrected chi connectivity index (χ0v) is 8.53. The van der Waals surface area contributed by atoms with Crippen molar-refractivity contribution in [2.45, 2.75) is 13.3 Å². The number of carbonyl (C=O) groups is 1. The molecular formula is C12H12O3. The minimum Gasteiger partial charge on any atom is -0.467 e. The summed E-state index contributed by atoms with van der Waals surface area (Å²) in [4.78, 5) is 10.00. The van der Waals surface area contributed by atoms with Gasteiger partial charge in [-0.25, -0.2) is 0 Å². The van der Waals surface area contributed by atoms with Crippen molar-refractivity contribution >= 4 is 17.4 Å². The molecule has 0 amide bonds. The van der Waals surface area contributed by atoms with E-state index in [0.717, 1.165) is 22.3 Å². The van der Waals surface area contributed by atoms with Gasteiger partial charge in [-0.1, -0.05) is 18.2 Å². The molecule has 0 fully saturated rings. The van der Waals surface area contributed by atoms with E-state index in [2.05, 4.69) is 4.74 Å². The highest BCUT2D eigenvalue weighted by atomic mass is 16.5. The monoisotopic (exact) mass is 204 g/mol. The molecule has 0 aliphatic rings. The van der Waals surface area contributed by atoms with Gasteiger partial charge in [-0.2, -0.15) is 0 Å². The summed E-state index contributed by atoms with van der Waals surface area (Å²) in [7, 11) is 0. The van der Waals surface area contributed by atoms with Crippen molar-refractivity contribution in [2.75, 3.05) is 6.61 Å². The molecule has 1 aromatic carbocycles. The molecule has 0 spiro atoms. The summed E-state index contributed by atoms with van der Waals surface area (Å²) in [5.41, 5.74) is 2.01. The Bertz CT molecular complexity index is 471. The quantitative estimate of drug-likeness (QED) is 0.567. The molecule has 0 saturated carbocycles. The van der Waals surface area contributed by atoms with Gasteiger partial charge in [0.25, 0.3) is 6.47 Å². The van der Waals surface area contributed by atoms with Gasteiger partial charge in [0.2, 0.25) is 0 Å². The maximum absolute atomic E-state index is 10.00. The third-order valence-electron chi connectivity index (χ3n) is 2.46. The maximum atomic E-state index is 10.00. The van der Waals surface area contributed by atoms with Crippen molar-refractivity contribution < 1.29 is 13.9 Å². The lowest BCUT2D eigenvalue weighted by Crippen LogP contribution is -1.96. The Morgan fingerprint density at radius 1 is 1.40 bits per heavy atom. The largest absolute Gasteiger partial charge is 0.467 e. The number of ether oxygens (including phenoxy) is 1. The highest BCUT2D eigenvalue weighted by molar-refractivity contribution is 5.81. The van der Waals surface area contributed by atoms with E-state index in [1.54, 1.807) is 0 Å². The number of benzene rings is 1. The molecule has 0 aliphatic carbocycles. The Balaban J connectivity index is 2.27. The van der Waals surface area contributed by atoms with Gasteiger partial charge in [0.15, 0.2) is 0 Å². The fourth-order valence-corrected chi connectivity index (χ4v) is 1.66. The molecule has 3 nitrogen and oxygen atoms in total. The second kappa shape index (κ2) is 4.17. The highest BCUT2D eigenvalue weighted by Gasteiger charge is 2.08. The van der Waals surface area contributed by atoms with Crippen molar-refractivity contribution in [3.8, 4) is 0 Å². The van der Waals surface area contributed by atoms with Gasteiger partial charge in [0, 0.05) is 11.8 Å². The molecule has 0 bridgehead atoms. The first kappa shape index (κ1) is 9.77. The van der Waals surface area contributed by atoms with Crippen LogP contribution in [0.25, 0.3) is 11.0 Å². The summed E-state index contributed by atoms with van der Waals surface area (Å²) in [5.74, 6) is 0.887. The normalized spacial score (nSPS) is 10.5. The molecule has 2 rings (SSSR count). The molecular weight excluding hydrogens is 192 g/mol. The lowest BCUT2D eigenvalue weighted by Gasteiger charge is -1.96. The van der Waals surface area contributed by atoms with Crippen molar-refractivity contribution in [3.05, 3.63) is 35.6 Å². The van der Waals surface area contributed by atoms with Crippen LogP contribution >= 0.6 is 0 Å². The summed E-state index contributed by atoms with van der Waals surface area (Å²) in [6.45, 7) is 2.84. The molecule has 0 saturated heterocycles. The Labute approximate surface area is 87.6 Å². The molecule has 0 unspecified atom stereocenters. The summed E-state index contributed by atoms with van der Waals surface area (Å²) in [6, 6.07) is 7.89. The molecule has 2 aromatic rings. The van der Waals surface area contributed by atoms with Crippen LogP contribution in [0.3, 0.4) is 0 Å². The maximum Gasteiger partial charge on any atom is 0.293 e. The summed E-state index contributed by atoms with van der Waals surface area (Å²) in [5, 5.41) is 1.12. The molecule has 1 heterocycles. The zero-order valence-electron chi connectivity index (χ0n) is 8.53. The summed E-state index contributed by atoms with van der Waals surface area (Å²) >= 11 is 0. The van der Waals surface area contributed by atoms with E-state index in [-0.39, 0.29) is 0 Å². The van der Waals surface area contributed by atoms with Gasteiger partial charge < -0.3 is 9.15 Å². The van der Waals surface area contributed by atoms with Crippen LogP contribution < -0.4 is 0 Å². The van der Waals surface area contributed by atoms with Crippen LogP contribution in [0.4, 0.5) is 0 Å². The van der Waals surface area contributed by atoms with E-state index in [9.17, 15) is 4.79 Å². The SMILES string of the molecule is Cc1c(CCOC=O)oc2ccccc12. The highest BCUT2D eigenvalue weighted by Crippen LogP contribution is 2.24. The van der Waals surface area contributed by atoms with Crippen LogP contribution in [0.5, 0.6) is 0 Å². The average molecular weight is 204 g/mol. The van der Waals surface area contributed by atoms with E-state index in [1.807, 2.05) is 31.2 Å². The fourth-order valence-electron chi connectivity index (χ4n) is 1.66. The number of hydrogen-bond acceptors (Lipinski definition) is 3. The number of furan rings is 1. The predicted molar refractivity (Wildman–Crippen MR) is 56.7 cm³/mol. The summed E-state index contributed by atoms with van der Waals surface area (Å²) < 4.78 is 10.3. The predicted octanol–water partition coefficient (Wildman–Crippen LogP) is 2.46. The van der Waals surface area contributed by atoms with E-state index < -0.39 is 0 Å².